The van der Waals surface area contributed by atoms with Crippen LogP contribution in [0.2, 0.25) is 0 Å². The zero-order chi connectivity index (χ0) is 12.3. The quantitative estimate of drug-likeness (QED) is 0.884. The molecule has 0 bridgehead atoms. The number of benzene rings is 1. The van der Waals surface area contributed by atoms with Crippen molar-refractivity contribution in [3.8, 4) is 0 Å². The minimum Gasteiger partial charge on any atom is -0.332 e. The van der Waals surface area contributed by atoms with Gasteiger partial charge in [-0.2, -0.15) is 0 Å². The number of sulfonamides is 1. The summed E-state index contributed by atoms with van der Waals surface area (Å²) < 4.78 is 22.0. The first kappa shape index (κ1) is 12.0. The number of hydrogen-bond donors (Lipinski definition) is 2. The molecular weight excluding hydrogens is 258 g/mol. The lowest BCUT2D eigenvalue weighted by molar-refractivity contribution is 0.597. The molecule has 0 saturated carbocycles. The van der Waals surface area contributed by atoms with Crippen LogP contribution in [0.3, 0.4) is 0 Å². The van der Waals surface area contributed by atoms with Crippen LogP contribution in [0.25, 0.3) is 0 Å². The number of nitrogens with zero attached hydrogens (tertiary/aromatic N) is 1. The van der Waals surface area contributed by atoms with Crippen molar-refractivity contribution in [3.05, 3.63) is 41.4 Å². The van der Waals surface area contributed by atoms with Crippen LogP contribution >= 0.6 is 11.3 Å². The van der Waals surface area contributed by atoms with Crippen molar-refractivity contribution in [1.29, 1.82) is 0 Å². The van der Waals surface area contributed by atoms with E-state index in [2.05, 4.69) is 10.3 Å². The molecule has 0 aliphatic rings. The van der Waals surface area contributed by atoms with E-state index in [1.165, 1.54) is 11.3 Å². The Morgan fingerprint density at radius 3 is 2.88 bits per heavy atom. The molecule has 0 spiro atoms. The molecule has 0 unspecified atom stereocenters. The van der Waals surface area contributed by atoms with Gasteiger partial charge in [0.25, 0.3) is 0 Å². The predicted octanol–water partition coefficient (Wildman–Crippen LogP) is 1.68. The topological polar surface area (TPSA) is 85.1 Å². The molecule has 0 aliphatic carbocycles. The summed E-state index contributed by atoms with van der Waals surface area (Å²) >= 11 is 1.47. The Bertz CT molecular complexity index is 594. The highest BCUT2D eigenvalue weighted by atomic mass is 32.2. The van der Waals surface area contributed by atoms with E-state index in [-0.39, 0.29) is 5.75 Å². The molecule has 0 fully saturated rings. The van der Waals surface area contributed by atoms with Crippen molar-refractivity contribution in [2.24, 2.45) is 5.14 Å². The van der Waals surface area contributed by atoms with E-state index in [1.54, 1.807) is 24.4 Å². The predicted molar refractivity (Wildman–Crippen MR) is 68.6 cm³/mol. The summed E-state index contributed by atoms with van der Waals surface area (Å²) in [6.07, 6.45) is 1.70. The number of rotatable bonds is 4. The van der Waals surface area contributed by atoms with Crippen LogP contribution in [-0.4, -0.2) is 13.4 Å². The molecule has 90 valence electrons. The van der Waals surface area contributed by atoms with Crippen molar-refractivity contribution in [1.82, 2.24) is 4.98 Å². The van der Waals surface area contributed by atoms with Gasteiger partial charge in [-0.25, -0.2) is 18.5 Å². The van der Waals surface area contributed by atoms with Gasteiger partial charge in [-0.05, 0) is 17.7 Å². The minimum absolute atomic E-state index is 0.166. The van der Waals surface area contributed by atoms with Gasteiger partial charge < -0.3 is 5.32 Å². The molecule has 0 aliphatic heterocycles. The molecule has 7 heteroatoms. The fraction of sp³-hybridized carbons (Fsp3) is 0.100. The number of nitrogens with two attached hydrogens (primary N) is 1. The zero-order valence-corrected chi connectivity index (χ0v) is 10.5. The van der Waals surface area contributed by atoms with Crippen LogP contribution < -0.4 is 10.5 Å². The molecule has 1 heterocycles. The molecule has 1 aromatic carbocycles. The van der Waals surface area contributed by atoms with Gasteiger partial charge in [0.15, 0.2) is 5.13 Å². The van der Waals surface area contributed by atoms with E-state index in [9.17, 15) is 8.42 Å². The monoisotopic (exact) mass is 269 g/mol. The second kappa shape index (κ2) is 4.82. The molecule has 0 saturated heterocycles. The van der Waals surface area contributed by atoms with Crippen LogP contribution in [0.15, 0.2) is 35.8 Å². The Labute approximate surface area is 103 Å². The van der Waals surface area contributed by atoms with Gasteiger partial charge in [0.1, 0.15) is 0 Å². The normalized spacial score (nSPS) is 11.4. The van der Waals surface area contributed by atoms with Crippen molar-refractivity contribution < 1.29 is 8.42 Å². The standard InChI is InChI=1S/C10H11N3O2S2/c11-17(14,15)7-8-2-1-3-9(6-8)13-10-12-4-5-16-10/h1-6H,7H2,(H,12,13)(H2,11,14,15). The highest BCUT2D eigenvalue weighted by molar-refractivity contribution is 7.88. The van der Waals surface area contributed by atoms with Crippen molar-refractivity contribution in [2.45, 2.75) is 5.75 Å². The third kappa shape index (κ3) is 3.81. The molecule has 0 atom stereocenters. The summed E-state index contributed by atoms with van der Waals surface area (Å²) in [7, 11) is -3.50. The Morgan fingerprint density at radius 1 is 1.41 bits per heavy atom. The number of nitrogens with one attached hydrogen (secondary N) is 1. The highest BCUT2D eigenvalue weighted by Gasteiger charge is 2.05. The first-order chi connectivity index (χ1) is 8.03. The lowest BCUT2D eigenvalue weighted by atomic mass is 10.2. The van der Waals surface area contributed by atoms with Crippen LogP contribution in [0.4, 0.5) is 10.8 Å². The van der Waals surface area contributed by atoms with E-state index in [4.69, 9.17) is 5.14 Å². The Balaban J connectivity index is 2.17. The first-order valence-electron chi connectivity index (χ1n) is 4.79. The number of primary sulfonamides is 1. The summed E-state index contributed by atoms with van der Waals surface area (Å²) in [5.74, 6) is -0.166. The molecule has 0 amide bonds. The highest BCUT2D eigenvalue weighted by Crippen LogP contribution is 2.19. The van der Waals surface area contributed by atoms with Gasteiger partial charge in [-0.3, -0.25) is 0 Å². The number of aromatic nitrogens is 1. The number of thiazole rings is 1. The molecule has 3 N–H and O–H groups in total. The lowest BCUT2D eigenvalue weighted by Crippen LogP contribution is -2.14. The van der Waals surface area contributed by atoms with Gasteiger partial charge >= 0.3 is 0 Å². The second-order valence-corrected chi connectivity index (χ2v) is 5.98. The van der Waals surface area contributed by atoms with E-state index in [0.717, 1.165) is 10.8 Å². The third-order valence-electron chi connectivity index (χ3n) is 1.98. The second-order valence-electron chi connectivity index (χ2n) is 3.47. The Morgan fingerprint density at radius 2 is 2.24 bits per heavy atom. The summed E-state index contributed by atoms with van der Waals surface area (Å²) in [6, 6.07) is 7.08. The van der Waals surface area contributed by atoms with E-state index < -0.39 is 10.0 Å². The molecule has 2 aromatic rings. The molecule has 2 rings (SSSR count). The summed E-state index contributed by atoms with van der Waals surface area (Å²) in [5.41, 5.74) is 1.44. The van der Waals surface area contributed by atoms with Crippen LogP contribution in [-0.2, 0) is 15.8 Å². The largest absolute Gasteiger partial charge is 0.332 e. The number of hydrogen-bond acceptors (Lipinski definition) is 5. The van der Waals surface area contributed by atoms with E-state index >= 15 is 0 Å². The molecular formula is C10H11N3O2S2. The third-order valence-corrected chi connectivity index (χ3v) is 3.40. The maximum absolute atomic E-state index is 11.0. The van der Waals surface area contributed by atoms with Crippen molar-refractivity contribution >= 4 is 32.2 Å². The smallest absolute Gasteiger partial charge is 0.213 e. The van der Waals surface area contributed by atoms with Crippen LogP contribution in [0.5, 0.6) is 0 Å². The SMILES string of the molecule is NS(=O)(=O)Cc1cccc(Nc2nccs2)c1. The fourth-order valence-corrected chi connectivity index (χ4v) is 2.57. The molecule has 5 nitrogen and oxygen atoms in total. The average Bonchev–Trinajstić information content (AvgIpc) is 2.68. The summed E-state index contributed by atoms with van der Waals surface area (Å²) in [6.45, 7) is 0. The van der Waals surface area contributed by atoms with E-state index in [0.29, 0.717) is 5.56 Å². The molecule has 1 aromatic heterocycles. The molecule has 0 radical (unpaired) electrons. The molecule has 17 heavy (non-hydrogen) atoms. The van der Waals surface area contributed by atoms with Gasteiger partial charge in [-0.1, -0.05) is 12.1 Å². The Kier molecular flexibility index (Phi) is 3.41. The maximum Gasteiger partial charge on any atom is 0.213 e. The summed E-state index contributed by atoms with van der Waals surface area (Å²) in [4.78, 5) is 4.08. The zero-order valence-electron chi connectivity index (χ0n) is 8.83. The van der Waals surface area contributed by atoms with Gasteiger partial charge in [0.2, 0.25) is 10.0 Å². The minimum atomic E-state index is -3.50. The lowest BCUT2D eigenvalue weighted by Gasteiger charge is -2.05. The Hall–Kier alpha value is -1.44. The number of anilines is 2. The van der Waals surface area contributed by atoms with Gasteiger partial charge in [0.05, 0.1) is 5.75 Å². The van der Waals surface area contributed by atoms with Crippen molar-refractivity contribution in [2.75, 3.05) is 5.32 Å². The van der Waals surface area contributed by atoms with Gasteiger partial charge in [-0.15, -0.1) is 11.3 Å². The van der Waals surface area contributed by atoms with Crippen molar-refractivity contribution in [3.63, 3.8) is 0 Å². The fourth-order valence-electron chi connectivity index (χ4n) is 1.38. The van der Waals surface area contributed by atoms with E-state index in [1.807, 2.05) is 11.4 Å². The van der Waals surface area contributed by atoms with Gasteiger partial charge in [0, 0.05) is 17.3 Å². The van der Waals surface area contributed by atoms with Crippen LogP contribution in [0, 0.1) is 0 Å². The van der Waals surface area contributed by atoms with Crippen LogP contribution in [0.1, 0.15) is 5.56 Å². The first-order valence-corrected chi connectivity index (χ1v) is 7.38. The summed E-state index contributed by atoms with van der Waals surface area (Å²) in [5, 5.41) is 10.7. The maximum atomic E-state index is 11.0. The average molecular weight is 269 g/mol.